The summed E-state index contributed by atoms with van der Waals surface area (Å²) in [6.07, 6.45) is 4.89. The highest BCUT2D eigenvalue weighted by Crippen LogP contribution is 1.91. The fourth-order valence-corrected chi connectivity index (χ4v) is 1.14. The molecule has 1 amide bonds. The van der Waals surface area contributed by atoms with Crippen LogP contribution in [0.5, 0.6) is 0 Å². The Bertz CT molecular complexity index is 311. The number of rotatable bonds is 6. The second kappa shape index (κ2) is 6.24. The molecule has 0 aliphatic rings. The molecule has 2 unspecified atom stereocenters. The van der Waals surface area contributed by atoms with Crippen LogP contribution in [0.2, 0.25) is 0 Å². The molecule has 0 aliphatic heterocycles. The number of nitrogens with two attached hydrogens (primary N) is 1. The lowest BCUT2D eigenvalue weighted by Crippen LogP contribution is -2.43. The van der Waals surface area contributed by atoms with Gasteiger partial charge >= 0.3 is 0 Å². The van der Waals surface area contributed by atoms with Crippen molar-refractivity contribution in [2.45, 2.75) is 32.0 Å². The van der Waals surface area contributed by atoms with E-state index in [2.05, 4.69) is 10.3 Å². The van der Waals surface area contributed by atoms with Crippen molar-refractivity contribution in [3.8, 4) is 0 Å². The number of aromatic nitrogens is 2. The number of hydrogen-bond donors (Lipinski definition) is 3. The summed E-state index contributed by atoms with van der Waals surface area (Å²) in [5.41, 5.74) is 5.58. The lowest BCUT2D eigenvalue weighted by molar-refractivity contribution is -0.121. The molecule has 1 aromatic heterocycles. The van der Waals surface area contributed by atoms with Crippen LogP contribution in [0.1, 0.15) is 13.3 Å². The number of nitrogens with one attached hydrogen (secondary N) is 1. The van der Waals surface area contributed by atoms with Crippen molar-refractivity contribution in [1.29, 1.82) is 0 Å². The first kappa shape index (κ1) is 12.7. The minimum Gasteiger partial charge on any atom is -0.392 e. The van der Waals surface area contributed by atoms with Crippen LogP contribution < -0.4 is 11.1 Å². The average Bonchev–Trinajstić information content (AvgIpc) is 2.75. The summed E-state index contributed by atoms with van der Waals surface area (Å²) in [5.74, 6) is -0.0789. The molecule has 2 atom stereocenters. The van der Waals surface area contributed by atoms with E-state index < -0.39 is 12.1 Å². The summed E-state index contributed by atoms with van der Waals surface area (Å²) in [4.78, 5) is 15.3. The van der Waals surface area contributed by atoms with Crippen molar-refractivity contribution in [2.24, 2.45) is 5.73 Å². The summed E-state index contributed by atoms with van der Waals surface area (Å²) in [7, 11) is 0. The molecule has 1 rings (SSSR count). The van der Waals surface area contributed by atoms with Crippen LogP contribution in [0.3, 0.4) is 0 Å². The van der Waals surface area contributed by atoms with Crippen LogP contribution in [0.15, 0.2) is 18.7 Å². The molecule has 0 bridgehead atoms. The van der Waals surface area contributed by atoms with E-state index in [0.717, 1.165) is 0 Å². The summed E-state index contributed by atoms with van der Waals surface area (Å²) >= 11 is 0. The molecule has 0 aromatic carbocycles. The predicted molar refractivity (Wildman–Crippen MR) is 59.5 cm³/mol. The van der Waals surface area contributed by atoms with Gasteiger partial charge in [-0.2, -0.15) is 0 Å². The van der Waals surface area contributed by atoms with Gasteiger partial charge in [0.25, 0.3) is 0 Å². The number of aliphatic hydroxyl groups is 1. The molecule has 1 heterocycles. The maximum Gasteiger partial charge on any atom is 0.221 e. The van der Waals surface area contributed by atoms with E-state index in [4.69, 9.17) is 10.8 Å². The number of carbonyl (C=O) groups excluding carboxylic acids is 1. The lowest BCUT2D eigenvalue weighted by atomic mass is 10.2. The summed E-state index contributed by atoms with van der Waals surface area (Å²) in [5, 5.41) is 11.8. The molecule has 0 aliphatic carbocycles. The Labute approximate surface area is 94.5 Å². The van der Waals surface area contributed by atoms with Gasteiger partial charge in [-0.15, -0.1) is 0 Å². The Balaban J connectivity index is 2.16. The minimum atomic E-state index is -0.617. The lowest BCUT2D eigenvalue weighted by Gasteiger charge is -2.15. The van der Waals surface area contributed by atoms with Gasteiger partial charge < -0.3 is 20.7 Å². The summed E-state index contributed by atoms with van der Waals surface area (Å²) < 4.78 is 1.83. The Morgan fingerprint density at radius 1 is 1.69 bits per heavy atom. The van der Waals surface area contributed by atoms with Crippen molar-refractivity contribution in [3.05, 3.63) is 18.7 Å². The number of amides is 1. The Morgan fingerprint density at radius 3 is 3.00 bits per heavy atom. The van der Waals surface area contributed by atoms with Crippen molar-refractivity contribution < 1.29 is 9.90 Å². The molecule has 16 heavy (non-hydrogen) atoms. The smallest absolute Gasteiger partial charge is 0.221 e. The summed E-state index contributed by atoms with van der Waals surface area (Å²) in [6.45, 7) is 2.48. The SMILES string of the molecule is CC(O)C(N)CNC(=O)CCn1ccnc1. The molecule has 6 heteroatoms. The highest BCUT2D eigenvalue weighted by Gasteiger charge is 2.10. The van der Waals surface area contributed by atoms with Gasteiger partial charge in [-0.25, -0.2) is 4.98 Å². The highest BCUT2D eigenvalue weighted by molar-refractivity contribution is 5.75. The van der Waals surface area contributed by atoms with Gasteiger partial charge in [0.15, 0.2) is 0 Å². The fraction of sp³-hybridized carbons (Fsp3) is 0.600. The predicted octanol–water partition coefficient (Wildman–Crippen LogP) is -0.902. The van der Waals surface area contributed by atoms with E-state index in [9.17, 15) is 4.79 Å². The number of aryl methyl sites for hydroxylation is 1. The van der Waals surface area contributed by atoms with E-state index in [1.165, 1.54) is 0 Å². The van der Waals surface area contributed by atoms with Gasteiger partial charge in [0, 0.05) is 37.9 Å². The number of carbonyl (C=O) groups is 1. The van der Waals surface area contributed by atoms with Crippen molar-refractivity contribution in [2.75, 3.05) is 6.54 Å². The number of imidazole rings is 1. The van der Waals surface area contributed by atoms with Crippen molar-refractivity contribution in [3.63, 3.8) is 0 Å². The zero-order valence-electron chi connectivity index (χ0n) is 9.34. The van der Waals surface area contributed by atoms with Gasteiger partial charge in [0.1, 0.15) is 0 Å². The zero-order chi connectivity index (χ0) is 12.0. The standard InChI is InChI=1S/C10H18N4O2/c1-8(15)9(11)6-13-10(16)2-4-14-5-3-12-7-14/h3,5,7-9,15H,2,4,6,11H2,1H3,(H,13,16). The Hall–Kier alpha value is -1.40. The van der Waals surface area contributed by atoms with E-state index in [1.807, 2.05) is 4.57 Å². The molecular formula is C10H18N4O2. The maximum absolute atomic E-state index is 11.4. The highest BCUT2D eigenvalue weighted by atomic mass is 16.3. The fourth-order valence-electron chi connectivity index (χ4n) is 1.14. The second-order valence-corrected chi connectivity index (χ2v) is 3.76. The minimum absolute atomic E-state index is 0.0789. The Morgan fingerprint density at radius 2 is 2.44 bits per heavy atom. The molecule has 0 spiro atoms. The Kier molecular flexibility index (Phi) is 4.94. The van der Waals surface area contributed by atoms with Gasteiger partial charge in [0.05, 0.1) is 12.4 Å². The summed E-state index contributed by atoms with van der Waals surface area (Å²) in [6, 6.07) is -0.419. The van der Waals surface area contributed by atoms with Crippen LogP contribution in [-0.4, -0.2) is 39.3 Å². The van der Waals surface area contributed by atoms with Crippen LogP contribution >= 0.6 is 0 Å². The molecule has 0 fully saturated rings. The average molecular weight is 226 g/mol. The first-order chi connectivity index (χ1) is 7.59. The molecule has 6 nitrogen and oxygen atoms in total. The third-order valence-corrected chi connectivity index (χ3v) is 2.31. The third kappa shape index (κ3) is 4.41. The van der Waals surface area contributed by atoms with Gasteiger partial charge in [0.2, 0.25) is 5.91 Å². The largest absolute Gasteiger partial charge is 0.392 e. The number of hydrogen-bond acceptors (Lipinski definition) is 4. The topological polar surface area (TPSA) is 93.2 Å². The molecule has 90 valence electrons. The van der Waals surface area contributed by atoms with Gasteiger partial charge in [-0.05, 0) is 6.92 Å². The van der Waals surface area contributed by atoms with Crippen LogP contribution in [0.4, 0.5) is 0 Å². The number of aliphatic hydroxyl groups excluding tert-OH is 1. The van der Waals surface area contributed by atoms with Crippen LogP contribution in [-0.2, 0) is 11.3 Å². The van der Waals surface area contributed by atoms with Crippen LogP contribution in [0, 0.1) is 0 Å². The maximum atomic E-state index is 11.4. The molecule has 0 saturated carbocycles. The van der Waals surface area contributed by atoms with E-state index >= 15 is 0 Å². The normalized spacial score (nSPS) is 14.4. The van der Waals surface area contributed by atoms with Gasteiger partial charge in [-0.3, -0.25) is 4.79 Å². The second-order valence-electron chi connectivity index (χ2n) is 3.76. The molecule has 1 aromatic rings. The molecule has 0 saturated heterocycles. The van der Waals surface area contributed by atoms with E-state index in [-0.39, 0.29) is 5.91 Å². The quantitative estimate of drug-likeness (QED) is 0.586. The van der Waals surface area contributed by atoms with Gasteiger partial charge in [-0.1, -0.05) is 0 Å². The van der Waals surface area contributed by atoms with Crippen molar-refractivity contribution in [1.82, 2.24) is 14.9 Å². The molecule has 0 radical (unpaired) electrons. The van der Waals surface area contributed by atoms with Crippen molar-refractivity contribution >= 4 is 5.91 Å². The van der Waals surface area contributed by atoms with E-state index in [0.29, 0.717) is 19.5 Å². The first-order valence-electron chi connectivity index (χ1n) is 5.25. The van der Waals surface area contributed by atoms with Crippen LogP contribution in [0.25, 0.3) is 0 Å². The molecule has 4 N–H and O–H groups in total. The molecular weight excluding hydrogens is 208 g/mol. The van der Waals surface area contributed by atoms with E-state index in [1.54, 1.807) is 25.6 Å². The zero-order valence-corrected chi connectivity index (χ0v) is 9.34. The first-order valence-corrected chi connectivity index (χ1v) is 5.25. The number of nitrogens with zero attached hydrogens (tertiary/aromatic N) is 2. The monoisotopic (exact) mass is 226 g/mol. The third-order valence-electron chi connectivity index (χ3n) is 2.31.